The van der Waals surface area contributed by atoms with Crippen molar-refractivity contribution < 1.29 is 18.7 Å². The number of ether oxygens (including phenoxy) is 1. The van der Waals surface area contributed by atoms with Gasteiger partial charge in [0.2, 0.25) is 5.91 Å². The Bertz CT molecular complexity index is 894. The van der Waals surface area contributed by atoms with Gasteiger partial charge in [-0.05, 0) is 69.5 Å². The molecule has 3 unspecified atom stereocenters. The Morgan fingerprint density at radius 2 is 2.03 bits per heavy atom. The number of fused-ring (bicyclic) bond motifs is 2. The molecule has 3 aliphatic carbocycles. The Morgan fingerprint density at radius 1 is 1.19 bits per heavy atom. The molecular formula is C23H30ClFN4O3. The van der Waals surface area contributed by atoms with Crippen LogP contribution >= 0.6 is 11.6 Å². The minimum absolute atomic E-state index is 0.0129. The van der Waals surface area contributed by atoms with E-state index < -0.39 is 5.82 Å². The Morgan fingerprint density at radius 3 is 2.84 bits per heavy atom. The Labute approximate surface area is 192 Å². The smallest absolute Gasteiger partial charge is 0.258 e. The van der Waals surface area contributed by atoms with Gasteiger partial charge in [0, 0.05) is 29.7 Å². The predicted octanol–water partition coefficient (Wildman–Crippen LogP) is 1.88. The number of carbonyl (C=O) groups is 2. The SMILES string of the molecule is O=C(COc1ccc(Cl)c(F)c1)NC12CC(C1)[C@@H](NC(=O)C1CCC3NCCCC3N1)C2. The third-order valence-corrected chi connectivity index (χ3v) is 7.87. The van der Waals surface area contributed by atoms with Crippen molar-refractivity contribution in [2.45, 2.75) is 74.7 Å². The highest BCUT2D eigenvalue weighted by Crippen LogP contribution is 2.52. The Balaban J connectivity index is 1.08. The first-order valence-electron chi connectivity index (χ1n) is 11.6. The van der Waals surface area contributed by atoms with E-state index in [1.807, 2.05) is 0 Å². The Hall–Kier alpha value is -1.90. The van der Waals surface area contributed by atoms with Crippen molar-refractivity contribution in [2.75, 3.05) is 13.2 Å². The van der Waals surface area contributed by atoms with Gasteiger partial charge >= 0.3 is 0 Å². The summed E-state index contributed by atoms with van der Waals surface area (Å²) in [5.74, 6) is -0.0740. The van der Waals surface area contributed by atoms with Crippen LogP contribution in [0.15, 0.2) is 18.2 Å². The molecule has 9 heteroatoms. The van der Waals surface area contributed by atoms with Gasteiger partial charge in [-0.25, -0.2) is 4.39 Å². The number of benzene rings is 1. The lowest BCUT2D eigenvalue weighted by Gasteiger charge is -2.41. The van der Waals surface area contributed by atoms with E-state index in [2.05, 4.69) is 21.3 Å². The van der Waals surface area contributed by atoms with Gasteiger partial charge in [-0.15, -0.1) is 0 Å². The largest absolute Gasteiger partial charge is 0.484 e. The molecule has 2 amide bonds. The molecule has 0 aromatic heterocycles. The van der Waals surface area contributed by atoms with Crippen LogP contribution in [0.3, 0.4) is 0 Å². The lowest BCUT2D eigenvalue weighted by molar-refractivity contribution is -0.126. The molecule has 0 radical (unpaired) electrons. The molecule has 2 heterocycles. The summed E-state index contributed by atoms with van der Waals surface area (Å²) in [6, 6.07) is 4.92. The van der Waals surface area contributed by atoms with Crippen molar-refractivity contribution in [3.05, 3.63) is 29.0 Å². The van der Waals surface area contributed by atoms with Crippen molar-refractivity contribution in [3.8, 4) is 5.75 Å². The fraction of sp³-hybridized carbons (Fsp3) is 0.652. The number of carbonyl (C=O) groups excluding carboxylic acids is 2. The number of piperidine rings is 2. The lowest BCUT2D eigenvalue weighted by atomic mass is 9.76. The average Bonchev–Trinajstić information content (AvgIpc) is 3.27. The topological polar surface area (TPSA) is 91.5 Å². The van der Waals surface area contributed by atoms with Gasteiger partial charge < -0.3 is 26.0 Å². The summed E-state index contributed by atoms with van der Waals surface area (Å²) in [6.07, 6.45) is 6.62. The van der Waals surface area contributed by atoms with Crippen LogP contribution in [0.1, 0.15) is 44.9 Å². The number of amides is 2. The van der Waals surface area contributed by atoms with Crippen molar-refractivity contribution in [3.63, 3.8) is 0 Å². The van der Waals surface area contributed by atoms with Crippen LogP contribution in [0.2, 0.25) is 5.02 Å². The maximum atomic E-state index is 13.5. The van der Waals surface area contributed by atoms with Gasteiger partial charge in [-0.2, -0.15) is 0 Å². The highest BCUT2D eigenvalue weighted by atomic mass is 35.5. The van der Waals surface area contributed by atoms with E-state index in [0.717, 1.165) is 51.5 Å². The van der Waals surface area contributed by atoms with E-state index in [1.165, 1.54) is 18.2 Å². The van der Waals surface area contributed by atoms with E-state index >= 15 is 0 Å². The summed E-state index contributed by atoms with van der Waals surface area (Å²) >= 11 is 5.66. The number of halogens is 2. The molecule has 0 spiro atoms. The highest BCUT2D eigenvalue weighted by molar-refractivity contribution is 6.30. The zero-order chi connectivity index (χ0) is 22.3. The van der Waals surface area contributed by atoms with Gasteiger partial charge in [-0.1, -0.05) is 11.6 Å². The van der Waals surface area contributed by atoms with Gasteiger partial charge in [0.25, 0.3) is 5.91 Å². The summed E-state index contributed by atoms with van der Waals surface area (Å²) in [6.45, 7) is 0.881. The molecule has 2 saturated heterocycles. The van der Waals surface area contributed by atoms with Gasteiger partial charge in [-0.3, -0.25) is 9.59 Å². The molecule has 1 aromatic rings. The molecule has 4 N–H and O–H groups in total. The second-order valence-corrected chi connectivity index (χ2v) is 10.2. The number of nitrogens with one attached hydrogen (secondary N) is 4. The van der Waals surface area contributed by atoms with Gasteiger partial charge in [0.15, 0.2) is 6.61 Å². The second-order valence-electron chi connectivity index (χ2n) is 9.79. The first kappa shape index (κ1) is 21.9. The summed E-state index contributed by atoms with van der Waals surface area (Å²) in [5.41, 5.74) is -0.271. The zero-order valence-electron chi connectivity index (χ0n) is 18.0. The summed E-state index contributed by atoms with van der Waals surface area (Å²) in [4.78, 5) is 25.3. The molecular weight excluding hydrogens is 435 g/mol. The van der Waals surface area contributed by atoms with E-state index in [-0.39, 0.29) is 46.8 Å². The predicted molar refractivity (Wildman–Crippen MR) is 118 cm³/mol. The summed E-state index contributed by atoms with van der Waals surface area (Å²) < 4.78 is 18.9. The summed E-state index contributed by atoms with van der Waals surface area (Å²) in [7, 11) is 0. The van der Waals surface area contributed by atoms with Gasteiger partial charge in [0.05, 0.1) is 11.1 Å². The quantitative estimate of drug-likeness (QED) is 0.516. The molecule has 174 valence electrons. The molecule has 32 heavy (non-hydrogen) atoms. The summed E-state index contributed by atoms with van der Waals surface area (Å²) in [5, 5.41) is 13.4. The first-order valence-corrected chi connectivity index (χ1v) is 12.0. The number of rotatable bonds is 6. The molecule has 5 fully saturated rings. The van der Waals surface area contributed by atoms with Crippen molar-refractivity contribution >= 4 is 23.4 Å². The van der Waals surface area contributed by atoms with Gasteiger partial charge in [0.1, 0.15) is 11.6 Å². The molecule has 6 rings (SSSR count). The monoisotopic (exact) mass is 464 g/mol. The van der Waals surface area contributed by atoms with Crippen LogP contribution in [0.5, 0.6) is 5.75 Å². The van der Waals surface area contributed by atoms with Crippen LogP contribution in [-0.2, 0) is 9.59 Å². The fourth-order valence-electron chi connectivity index (χ4n) is 5.99. The van der Waals surface area contributed by atoms with Crippen molar-refractivity contribution in [1.29, 1.82) is 0 Å². The molecule has 2 aliphatic heterocycles. The molecule has 3 saturated carbocycles. The fourth-order valence-corrected chi connectivity index (χ4v) is 6.10. The third kappa shape index (κ3) is 4.45. The van der Waals surface area contributed by atoms with E-state index in [0.29, 0.717) is 18.0 Å². The van der Waals surface area contributed by atoms with Crippen LogP contribution in [-0.4, -0.2) is 54.7 Å². The third-order valence-electron chi connectivity index (χ3n) is 7.56. The highest BCUT2D eigenvalue weighted by Gasteiger charge is 2.57. The van der Waals surface area contributed by atoms with Crippen LogP contribution < -0.4 is 26.0 Å². The minimum atomic E-state index is -0.581. The average molecular weight is 465 g/mol. The van der Waals surface area contributed by atoms with Crippen LogP contribution in [0.25, 0.3) is 0 Å². The molecule has 2 bridgehead atoms. The zero-order valence-corrected chi connectivity index (χ0v) is 18.7. The maximum Gasteiger partial charge on any atom is 0.258 e. The maximum absolute atomic E-state index is 13.5. The van der Waals surface area contributed by atoms with Crippen LogP contribution in [0, 0.1) is 11.7 Å². The number of hydrogen-bond acceptors (Lipinski definition) is 5. The molecule has 7 nitrogen and oxygen atoms in total. The second kappa shape index (κ2) is 8.80. The molecule has 5 aliphatic rings. The molecule has 4 atom stereocenters. The normalized spacial score (nSPS) is 35.4. The van der Waals surface area contributed by atoms with Crippen molar-refractivity contribution in [2.24, 2.45) is 5.92 Å². The van der Waals surface area contributed by atoms with E-state index in [4.69, 9.17) is 16.3 Å². The first-order chi connectivity index (χ1) is 15.4. The standard InChI is InChI=1S/C23H30ClFN4O3/c24-15-4-3-14(8-16(15)25)32-12-21(30)29-23-9-13(10-23)20(11-23)28-22(31)19-6-5-17-18(27-19)2-1-7-26-17/h3-4,8,13,17-20,26-27H,1-2,5-7,9-12H2,(H,28,31)(H,29,30)/t13?,17?,18?,19?,20-,23?/m0/s1. The van der Waals surface area contributed by atoms with Crippen molar-refractivity contribution in [1.82, 2.24) is 21.3 Å². The number of hydrogen-bond donors (Lipinski definition) is 4. The van der Waals surface area contributed by atoms with E-state index in [1.54, 1.807) is 0 Å². The van der Waals surface area contributed by atoms with Crippen LogP contribution in [0.4, 0.5) is 4.39 Å². The van der Waals surface area contributed by atoms with E-state index in [9.17, 15) is 14.0 Å². The minimum Gasteiger partial charge on any atom is -0.484 e. The Kier molecular flexibility index (Phi) is 6.03. The molecule has 1 aromatic carbocycles. The lowest BCUT2D eigenvalue weighted by Crippen LogP contribution is -2.62.